The summed E-state index contributed by atoms with van der Waals surface area (Å²) in [6.45, 7) is 3.93. The fraction of sp³-hybridized carbons (Fsp3) is 0.435. The number of aryl methyl sites for hydroxylation is 1. The largest absolute Gasteiger partial charge is 0.405 e. The van der Waals surface area contributed by atoms with Crippen molar-refractivity contribution >= 4 is 17.1 Å². The number of hydrogen-bond acceptors (Lipinski definition) is 4. The standard InChI is InChI=1S/C23H27F3N6O/c1-3-15-11-32(22(33)30-13-23(24,25)26)12-19(15)28-9-17-5-4-14(2)31-20(17)18-8-16-6-7-27-21(16)29-10-18/h4-8,10,15,19,28H,3,9,11-13H2,1-2H3,(H,27,29)(H,30,33). The van der Waals surface area contributed by atoms with E-state index in [-0.39, 0.29) is 12.0 Å². The lowest BCUT2D eigenvalue weighted by Crippen LogP contribution is -2.44. The molecule has 176 valence electrons. The number of carbonyl (C=O) groups is 1. The molecule has 0 bridgehead atoms. The number of urea groups is 1. The van der Waals surface area contributed by atoms with Crippen LogP contribution in [-0.2, 0) is 6.54 Å². The highest BCUT2D eigenvalue weighted by Crippen LogP contribution is 2.26. The third kappa shape index (κ3) is 5.44. The second-order valence-electron chi connectivity index (χ2n) is 8.43. The zero-order valence-corrected chi connectivity index (χ0v) is 18.5. The average molecular weight is 461 g/mol. The van der Waals surface area contributed by atoms with Crippen LogP contribution in [0.3, 0.4) is 0 Å². The van der Waals surface area contributed by atoms with E-state index in [0.29, 0.717) is 19.6 Å². The van der Waals surface area contributed by atoms with Crippen molar-refractivity contribution in [1.82, 2.24) is 30.5 Å². The van der Waals surface area contributed by atoms with Crippen LogP contribution in [0.1, 0.15) is 24.6 Å². The average Bonchev–Trinajstić information content (AvgIpc) is 3.42. The maximum atomic E-state index is 12.4. The smallest absolute Gasteiger partial charge is 0.346 e. The second kappa shape index (κ2) is 9.38. The van der Waals surface area contributed by atoms with E-state index < -0.39 is 18.8 Å². The number of nitrogens with one attached hydrogen (secondary N) is 3. The van der Waals surface area contributed by atoms with Crippen LogP contribution in [0.15, 0.2) is 36.7 Å². The Kier molecular flexibility index (Phi) is 6.55. The lowest BCUT2D eigenvalue weighted by atomic mass is 10.00. The molecule has 0 radical (unpaired) electrons. The summed E-state index contributed by atoms with van der Waals surface area (Å²) in [5.41, 5.74) is 4.44. The second-order valence-corrected chi connectivity index (χ2v) is 8.43. The van der Waals surface area contributed by atoms with Crippen molar-refractivity contribution in [3.63, 3.8) is 0 Å². The Morgan fingerprint density at radius 1 is 1.27 bits per heavy atom. The van der Waals surface area contributed by atoms with Crippen molar-refractivity contribution in [2.45, 2.75) is 39.0 Å². The van der Waals surface area contributed by atoms with Gasteiger partial charge in [0, 0.05) is 54.7 Å². The summed E-state index contributed by atoms with van der Waals surface area (Å²) >= 11 is 0. The number of likely N-dealkylation sites (tertiary alicyclic amines) is 1. The molecular weight excluding hydrogens is 433 g/mol. The van der Waals surface area contributed by atoms with E-state index in [1.165, 1.54) is 4.90 Å². The fourth-order valence-electron chi connectivity index (χ4n) is 4.26. The molecule has 1 aliphatic rings. The number of amides is 2. The van der Waals surface area contributed by atoms with Gasteiger partial charge in [-0.1, -0.05) is 19.4 Å². The summed E-state index contributed by atoms with van der Waals surface area (Å²) in [5, 5.41) is 6.47. The number of aromatic amines is 1. The van der Waals surface area contributed by atoms with Crippen molar-refractivity contribution in [3.8, 4) is 11.3 Å². The maximum Gasteiger partial charge on any atom is 0.405 e. The number of halogens is 3. The number of fused-ring (bicyclic) bond motifs is 1. The number of nitrogens with zero attached hydrogens (tertiary/aromatic N) is 3. The van der Waals surface area contributed by atoms with Crippen LogP contribution >= 0.6 is 0 Å². The SMILES string of the molecule is CCC1CN(C(=O)NCC(F)(F)F)CC1NCc1ccc(C)nc1-c1cnc2[nH]ccc2c1. The van der Waals surface area contributed by atoms with Gasteiger partial charge < -0.3 is 20.5 Å². The summed E-state index contributed by atoms with van der Waals surface area (Å²) in [4.78, 5) is 25.9. The van der Waals surface area contributed by atoms with Crippen LogP contribution < -0.4 is 10.6 Å². The molecule has 3 N–H and O–H groups in total. The van der Waals surface area contributed by atoms with Crippen molar-refractivity contribution in [2.24, 2.45) is 5.92 Å². The lowest BCUT2D eigenvalue weighted by molar-refractivity contribution is -0.123. The van der Waals surface area contributed by atoms with Crippen LogP contribution in [0.25, 0.3) is 22.3 Å². The zero-order valence-electron chi connectivity index (χ0n) is 18.5. The molecule has 1 aliphatic heterocycles. The summed E-state index contributed by atoms with van der Waals surface area (Å²) in [7, 11) is 0. The van der Waals surface area contributed by atoms with Crippen LogP contribution in [0.5, 0.6) is 0 Å². The lowest BCUT2D eigenvalue weighted by Gasteiger charge is -2.20. The minimum atomic E-state index is -4.43. The number of alkyl halides is 3. The number of carbonyl (C=O) groups excluding carboxylic acids is 1. The van der Waals surface area contributed by atoms with Gasteiger partial charge in [0.25, 0.3) is 0 Å². The first-order chi connectivity index (χ1) is 15.7. The molecule has 1 fully saturated rings. The normalized spacial score (nSPS) is 18.8. The molecule has 1 saturated heterocycles. The van der Waals surface area contributed by atoms with E-state index in [2.05, 4.69) is 15.3 Å². The number of hydrogen-bond donors (Lipinski definition) is 3. The van der Waals surface area contributed by atoms with Crippen molar-refractivity contribution in [1.29, 1.82) is 0 Å². The van der Waals surface area contributed by atoms with Gasteiger partial charge in [-0.05, 0) is 36.6 Å². The van der Waals surface area contributed by atoms with Gasteiger partial charge in [0.05, 0.1) is 5.69 Å². The molecule has 0 aliphatic carbocycles. The molecular formula is C23H27F3N6O. The molecule has 4 heterocycles. The van der Waals surface area contributed by atoms with E-state index in [0.717, 1.165) is 40.0 Å². The van der Waals surface area contributed by atoms with Gasteiger partial charge in [-0.25, -0.2) is 9.78 Å². The Morgan fingerprint density at radius 3 is 2.85 bits per heavy atom. The minimum Gasteiger partial charge on any atom is -0.346 e. The van der Waals surface area contributed by atoms with E-state index >= 15 is 0 Å². The van der Waals surface area contributed by atoms with Crippen molar-refractivity contribution in [3.05, 3.63) is 47.9 Å². The monoisotopic (exact) mass is 460 g/mol. The molecule has 4 rings (SSSR count). The molecule has 2 unspecified atom stereocenters. The first-order valence-electron chi connectivity index (χ1n) is 11.0. The van der Waals surface area contributed by atoms with Gasteiger partial charge in [0.2, 0.25) is 0 Å². The summed E-state index contributed by atoms with van der Waals surface area (Å²) in [6.07, 6.45) is 0.0223. The van der Waals surface area contributed by atoms with Gasteiger partial charge in [-0.2, -0.15) is 13.2 Å². The molecule has 2 atom stereocenters. The summed E-state index contributed by atoms with van der Waals surface area (Å²) < 4.78 is 37.3. The van der Waals surface area contributed by atoms with Gasteiger partial charge in [0.1, 0.15) is 12.2 Å². The molecule has 0 aromatic carbocycles. The van der Waals surface area contributed by atoms with Crippen LogP contribution in [0, 0.1) is 12.8 Å². The first-order valence-corrected chi connectivity index (χ1v) is 11.0. The summed E-state index contributed by atoms with van der Waals surface area (Å²) in [5.74, 6) is 0.154. The Balaban J connectivity index is 1.46. The van der Waals surface area contributed by atoms with Crippen LogP contribution in [-0.4, -0.2) is 57.7 Å². The van der Waals surface area contributed by atoms with Gasteiger partial charge in [0.15, 0.2) is 0 Å². The Hall–Kier alpha value is -3.14. The molecule has 2 amide bonds. The molecule has 3 aromatic rings. The minimum absolute atomic E-state index is 0.0222. The third-order valence-corrected chi connectivity index (χ3v) is 6.04. The van der Waals surface area contributed by atoms with Crippen molar-refractivity contribution in [2.75, 3.05) is 19.6 Å². The van der Waals surface area contributed by atoms with Crippen molar-refractivity contribution < 1.29 is 18.0 Å². The molecule has 0 spiro atoms. The molecule has 0 saturated carbocycles. The predicted molar refractivity (Wildman–Crippen MR) is 119 cm³/mol. The Labute approximate surface area is 189 Å². The van der Waals surface area contributed by atoms with E-state index in [4.69, 9.17) is 4.98 Å². The van der Waals surface area contributed by atoms with E-state index in [1.54, 1.807) is 6.20 Å². The Bertz CT molecular complexity index is 1130. The maximum absolute atomic E-state index is 12.4. The predicted octanol–water partition coefficient (Wildman–Crippen LogP) is 4.01. The zero-order chi connectivity index (χ0) is 23.6. The fourth-order valence-corrected chi connectivity index (χ4v) is 4.26. The van der Waals surface area contributed by atoms with Gasteiger partial charge in [-0.3, -0.25) is 4.98 Å². The van der Waals surface area contributed by atoms with Crippen LogP contribution in [0.2, 0.25) is 0 Å². The highest BCUT2D eigenvalue weighted by atomic mass is 19.4. The highest BCUT2D eigenvalue weighted by molar-refractivity contribution is 5.81. The van der Waals surface area contributed by atoms with E-state index in [9.17, 15) is 18.0 Å². The number of aromatic nitrogens is 3. The first kappa shape index (κ1) is 23.0. The molecule has 7 nitrogen and oxygen atoms in total. The molecule has 33 heavy (non-hydrogen) atoms. The summed E-state index contributed by atoms with van der Waals surface area (Å²) in [6, 6.07) is 7.27. The number of rotatable bonds is 6. The number of H-pyrrole nitrogens is 1. The quantitative estimate of drug-likeness (QED) is 0.519. The molecule has 3 aromatic heterocycles. The van der Waals surface area contributed by atoms with Crippen LogP contribution in [0.4, 0.5) is 18.0 Å². The number of pyridine rings is 2. The van der Waals surface area contributed by atoms with Gasteiger partial charge in [-0.15, -0.1) is 0 Å². The highest BCUT2D eigenvalue weighted by Gasteiger charge is 2.35. The van der Waals surface area contributed by atoms with Gasteiger partial charge >= 0.3 is 12.2 Å². The molecule has 10 heteroatoms. The topological polar surface area (TPSA) is 85.9 Å². The Morgan fingerprint density at radius 2 is 2.09 bits per heavy atom. The van der Waals surface area contributed by atoms with E-state index in [1.807, 2.05) is 49.6 Å². The third-order valence-electron chi connectivity index (χ3n) is 6.04.